The summed E-state index contributed by atoms with van der Waals surface area (Å²) in [4.78, 5) is 0.367. The number of sulfonamides is 1. The molecule has 1 atom stereocenters. The van der Waals surface area contributed by atoms with E-state index in [4.69, 9.17) is 4.74 Å². The van der Waals surface area contributed by atoms with Crippen LogP contribution in [-0.2, 0) is 14.8 Å². The number of nitrogens with one attached hydrogen (secondary N) is 1. The standard InChI is InChI=1S/C14H20N2O3S.ClH/c1-12-2-4-13(5-3-12)20(17,18)16-8-9-19-14(11-16)6-7-15-10-14;/h2-5,15H,6-11H2,1H3;1H. The van der Waals surface area contributed by atoms with Crippen LogP contribution < -0.4 is 5.32 Å². The molecular formula is C14H21ClN2O3S. The maximum Gasteiger partial charge on any atom is 0.243 e. The lowest BCUT2D eigenvalue weighted by Gasteiger charge is -2.39. The molecule has 0 amide bonds. The van der Waals surface area contributed by atoms with Crippen molar-refractivity contribution in [2.45, 2.75) is 23.8 Å². The Kier molecular flexibility index (Phi) is 4.95. The second-order valence-electron chi connectivity index (χ2n) is 5.61. The van der Waals surface area contributed by atoms with Gasteiger partial charge in [0.1, 0.15) is 0 Å². The summed E-state index contributed by atoms with van der Waals surface area (Å²) in [5, 5.41) is 3.26. The fourth-order valence-electron chi connectivity index (χ4n) is 2.85. The van der Waals surface area contributed by atoms with E-state index in [1.54, 1.807) is 16.4 Å². The first-order chi connectivity index (χ1) is 9.52. The molecular weight excluding hydrogens is 312 g/mol. The Balaban J connectivity index is 0.00000161. The summed E-state index contributed by atoms with van der Waals surface area (Å²) in [6, 6.07) is 7.03. The van der Waals surface area contributed by atoms with Gasteiger partial charge in [0.15, 0.2) is 0 Å². The van der Waals surface area contributed by atoms with Crippen LogP contribution in [0.3, 0.4) is 0 Å². The van der Waals surface area contributed by atoms with Gasteiger partial charge in [-0.05, 0) is 32.0 Å². The lowest BCUT2D eigenvalue weighted by molar-refractivity contribution is -0.0753. The molecule has 3 rings (SSSR count). The zero-order valence-electron chi connectivity index (χ0n) is 12.0. The van der Waals surface area contributed by atoms with Crippen LogP contribution in [-0.4, -0.2) is 51.1 Å². The molecule has 2 heterocycles. The molecule has 7 heteroatoms. The zero-order chi connectivity index (χ0) is 14.2. The van der Waals surface area contributed by atoms with Crippen molar-refractivity contribution < 1.29 is 13.2 Å². The second-order valence-corrected chi connectivity index (χ2v) is 7.55. The highest BCUT2D eigenvalue weighted by molar-refractivity contribution is 7.89. The molecule has 1 aromatic carbocycles. The van der Waals surface area contributed by atoms with Gasteiger partial charge in [-0.1, -0.05) is 17.7 Å². The van der Waals surface area contributed by atoms with Gasteiger partial charge in [0.05, 0.1) is 17.1 Å². The zero-order valence-corrected chi connectivity index (χ0v) is 13.7. The number of hydrogen-bond acceptors (Lipinski definition) is 4. The van der Waals surface area contributed by atoms with Crippen LogP contribution in [0.2, 0.25) is 0 Å². The lowest BCUT2D eigenvalue weighted by Crippen LogP contribution is -2.54. The highest BCUT2D eigenvalue weighted by Crippen LogP contribution is 2.28. The monoisotopic (exact) mass is 332 g/mol. The van der Waals surface area contributed by atoms with E-state index in [0.717, 1.165) is 25.1 Å². The van der Waals surface area contributed by atoms with Gasteiger partial charge in [-0.15, -0.1) is 12.4 Å². The molecule has 5 nitrogen and oxygen atoms in total. The minimum absolute atomic E-state index is 0. The number of benzene rings is 1. The van der Waals surface area contributed by atoms with E-state index in [0.29, 0.717) is 24.6 Å². The van der Waals surface area contributed by atoms with Crippen LogP contribution >= 0.6 is 12.4 Å². The highest BCUT2D eigenvalue weighted by Gasteiger charge is 2.42. The summed E-state index contributed by atoms with van der Waals surface area (Å²) >= 11 is 0. The minimum atomic E-state index is -3.42. The molecule has 1 N–H and O–H groups in total. The van der Waals surface area contributed by atoms with Crippen molar-refractivity contribution in [3.8, 4) is 0 Å². The van der Waals surface area contributed by atoms with Crippen LogP contribution in [0.15, 0.2) is 29.2 Å². The van der Waals surface area contributed by atoms with Crippen molar-refractivity contribution in [3.63, 3.8) is 0 Å². The predicted molar refractivity (Wildman–Crippen MR) is 83.4 cm³/mol. The van der Waals surface area contributed by atoms with E-state index in [-0.39, 0.29) is 18.0 Å². The summed E-state index contributed by atoms with van der Waals surface area (Å²) in [6.07, 6.45) is 0.868. The first-order valence-corrected chi connectivity index (χ1v) is 8.37. The topological polar surface area (TPSA) is 58.6 Å². The highest BCUT2D eigenvalue weighted by atomic mass is 35.5. The molecule has 0 saturated carbocycles. The van der Waals surface area contributed by atoms with E-state index in [1.165, 1.54) is 0 Å². The molecule has 2 aliphatic rings. The third-order valence-corrected chi connectivity index (χ3v) is 5.94. The molecule has 21 heavy (non-hydrogen) atoms. The normalized spacial score (nSPS) is 26.7. The number of aryl methyl sites for hydroxylation is 1. The SMILES string of the molecule is Cc1ccc(S(=O)(=O)N2CCOC3(CCNC3)C2)cc1.Cl. The Labute approximate surface area is 132 Å². The number of morpholine rings is 1. The summed E-state index contributed by atoms with van der Waals surface area (Å²) in [6.45, 7) is 4.90. The number of ether oxygens (including phenoxy) is 1. The Bertz CT molecular complexity index is 583. The Morgan fingerprint density at radius 1 is 1.29 bits per heavy atom. The largest absolute Gasteiger partial charge is 0.371 e. The van der Waals surface area contributed by atoms with E-state index in [1.807, 2.05) is 19.1 Å². The molecule has 0 aliphatic carbocycles. The molecule has 0 radical (unpaired) electrons. The summed E-state index contributed by atoms with van der Waals surface area (Å²) < 4.78 is 32.8. The summed E-state index contributed by atoms with van der Waals surface area (Å²) in [5.74, 6) is 0. The molecule has 118 valence electrons. The molecule has 0 aromatic heterocycles. The molecule has 1 aromatic rings. The van der Waals surface area contributed by atoms with Crippen molar-refractivity contribution in [2.24, 2.45) is 0 Å². The van der Waals surface area contributed by atoms with Gasteiger partial charge in [0, 0.05) is 19.6 Å². The Hall–Kier alpha value is -0.660. The molecule has 2 saturated heterocycles. The van der Waals surface area contributed by atoms with Gasteiger partial charge in [0.25, 0.3) is 0 Å². The van der Waals surface area contributed by atoms with Crippen molar-refractivity contribution in [2.75, 3.05) is 32.8 Å². The number of rotatable bonds is 2. The van der Waals surface area contributed by atoms with E-state index >= 15 is 0 Å². The lowest BCUT2D eigenvalue weighted by atomic mass is 10.0. The number of nitrogens with zero attached hydrogens (tertiary/aromatic N) is 1. The average molecular weight is 333 g/mol. The smallest absolute Gasteiger partial charge is 0.243 e. The molecule has 1 unspecified atom stereocenters. The van der Waals surface area contributed by atoms with Crippen LogP contribution in [0.25, 0.3) is 0 Å². The fourth-order valence-corrected chi connectivity index (χ4v) is 4.35. The van der Waals surface area contributed by atoms with Gasteiger partial charge in [-0.2, -0.15) is 4.31 Å². The van der Waals surface area contributed by atoms with Crippen LogP contribution in [0, 0.1) is 6.92 Å². The third kappa shape index (κ3) is 3.24. The van der Waals surface area contributed by atoms with Gasteiger partial charge in [0.2, 0.25) is 10.0 Å². The maximum atomic E-state index is 12.7. The van der Waals surface area contributed by atoms with Crippen LogP contribution in [0.5, 0.6) is 0 Å². The Morgan fingerprint density at radius 2 is 2.00 bits per heavy atom. The molecule has 0 bridgehead atoms. The molecule has 2 fully saturated rings. The van der Waals surface area contributed by atoms with Crippen molar-refractivity contribution in [1.82, 2.24) is 9.62 Å². The fraction of sp³-hybridized carbons (Fsp3) is 0.571. The molecule has 2 aliphatic heterocycles. The first-order valence-electron chi connectivity index (χ1n) is 6.93. The summed E-state index contributed by atoms with van der Waals surface area (Å²) in [5.41, 5.74) is 0.720. The van der Waals surface area contributed by atoms with Gasteiger partial charge in [-0.25, -0.2) is 8.42 Å². The minimum Gasteiger partial charge on any atom is -0.371 e. The van der Waals surface area contributed by atoms with E-state index in [2.05, 4.69) is 5.32 Å². The van der Waals surface area contributed by atoms with Crippen LogP contribution in [0.1, 0.15) is 12.0 Å². The summed E-state index contributed by atoms with van der Waals surface area (Å²) in [7, 11) is -3.42. The predicted octanol–water partition coefficient (Wildman–Crippen LogP) is 1.17. The van der Waals surface area contributed by atoms with Crippen molar-refractivity contribution >= 4 is 22.4 Å². The third-order valence-electron chi connectivity index (χ3n) is 4.08. The first kappa shape index (κ1) is 16.7. The molecule has 1 spiro atoms. The van der Waals surface area contributed by atoms with Gasteiger partial charge in [-0.3, -0.25) is 0 Å². The van der Waals surface area contributed by atoms with Crippen molar-refractivity contribution in [1.29, 1.82) is 0 Å². The van der Waals surface area contributed by atoms with Crippen molar-refractivity contribution in [3.05, 3.63) is 29.8 Å². The van der Waals surface area contributed by atoms with E-state index in [9.17, 15) is 8.42 Å². The van der Waals surface area contributed by atoms with Crippen LogP contribution in [0.4, 0.5) is 0 Å². The van der Waals surface area contributed by atoms with Gasteiger partial charge < -0.3 is 10.1 Å². The Morgan fingerprint density at radius 3 is 2.62 bits per heavy atom. The second kappa shape index (κ2) is 6.22. The number of hydrogen-bond donors (Lipinski definition) is 1. The average Bonchev–Trinajstić information content (AvgIpc) is 2.87. The number of halogens is 1. The maximum absolute atomic E-state index is 12.7. The van der Waals surface area contributed by atoms with E-state index < -0.39 is 10.0 Å². The van der Waals surface area contributed by atoms with Gasteiger partial charge >= 0.3 is 0 Å². The quantitative estimate of drug-likeness (QED) is 0.883.